The van der Waals surface area contributed by atoms with Crippen LogP contribution in [0.2, 0.25) is 0 Å². The molecule has 0 aromatic heterocycles. The van der Waals surface area contributed by atoms with Crippen LogP contribution in [0.5, 0.6) is 0 Å². The largest absolute Gasteiger partial charge is 0.215 e. The van der Waals surface area contributed by atoms with E-state index in [9.17, 15) is 8.42 Å². The molecule has 1 N–H and O–H groups in total. The minimum absolute atomic E-state index is 0.139. The van der Waals surface area contributed by atoms with Gasteiger partial charge in [0.2, 0.25) is 10.0 Å². The van der Waals surface area contributed by atoms with Crippen molar-refractivity contribution in [1.29, 1.82) is 0 Å². The smallest absolute Gasteiger partial charge is 0.211 e. The Bertz CT molecular complexity index is 451. The molecular weight excluding hydrogens is 246 g/mol. The molecule has 0 bridgehead atoms. The first-order valence-electron chi connectivity index (χ1n) is 6.54. The van der Waals surface area contributed by atoms with Crippen molar-refractivity contribution in [3.8, 4) is 0 Å². The lowest BCUT2D eigenvalue weighted by atomic mass is 9.97. The van der Waals surface area contributed by atoms with Gasteiger partial charge >= 0.3 is 0 Å². The zero-order valence-electron chi connectivity index (χ0n) is 11.4. The van der Waals surface area contributed by atoms with Gasteiger partial charge in [-0.15, -0.1) is 0 Å². The van der Waals surface area contributed by atoms with Gasteiger partial charge in [-0.1, -0.05) is 38.1 Å². The molecule has 0 amide bonds. The Morgan fingerprint density at radius 2 is 1.78 bits per heavy atom. The van der Waals surface area contributed by atoms with Crippen LogP contribution in [0.25, 0.3) is 0 Å². The first-order valence-corrected chi connectivity index (χ1v) is 8.20. The topological polar surface area (TPSA) is 46.2 Å². The predicted octanol–water partition coefficient (Wildman–Crippen LogP) is 2.68. The van der Waals surface area contributed by atoms with Crippen LogP contribution in [-0.2, 0) is 16.4 Å². The molecule has 3 nitrogen and oxygen atoms in total. The van der Waals surface area contributed by atoms with Crippen LogP contribution >= 0.6 is 0 Å². The Morgan fingerprint density at radius 3 is 2.28 bits per heavy atom. The summed E-state index contributed by atoms with van der Waals surface area (Å²) in [6, 6.07) is 8.44. The van der Waals surface area contributed by atoms with Gasteiger partial charge in [-0.2, -0.15) is 0 Å². The monoisotopic (exact) mass is 269 g/mol. The third-order valence-electron chi connectivity index (χ3n) is 3.28. The molecule has 0 aliphatic carbocycles. The first kappa shape index (κ1) is 15.2. The minimum Gasteiger partial charge on any atom is -0.215 e. The van der Waals surface area contributed by atoms with E-state index in [1.807, 2.05) is 0 Å². The fraction of sp³-hybridized carbons (Fsp3) is 0.571. The Hall–Kier alpha value is -0.870. The van der Waals surface area contributed by atoms with E-state index in [1.165, 1.54) is 11.1 Å². The summed E-state index contributed by atoms with van der Waals surface area (Å²) < 4.78 is 25.1. The van der Waals surface area contributed by atoms with Crippen molar-refractivity contribution in [2.75, 3.05) is 12.3 Å². The molecule has 102 valence electrons. The van der Waals surface area contributed by atoms with Crippen molar-refractivity contribution >= 4 is 10.0 Å². The average molecular weight is 269 g/mol. The Morgan fingerprint density at radius 1 is 1.17 bits per heavy atom. The fourth-order valence-corrected chi connectivity index (χ4v) is 2.32. The number of sulfonamides is 1. The van der Waals surface area contributed by atoms with Crippen molar-refractivity contribution in [3.63, 3.8) is 0 Å². The SMILES string of the molecule is CCC(C)c1ccc(CCNS(=O)(=O)CC)cc1. The number of hydrogen-bond donors (Lipinski definition) is 1. The van der Waals surface area contributed by atoms with Gasteiger partial charge in [0.1, 0.15) is 0 Å². The van der Waals surface area contributed by atoms with Gasteiger partial charge in [0, 0.05) is 6.54 Å². The normalized spacial score (nSPS) is 13.5. The summed E-state index contributed by atoms with van der Waals surface area (Å²) in [7, 11) is -3.07. The zero-order chi connectivity index (χ0) is 13.6. The van der Waals surface area contributed by atoms with Crippen molar-refractivity contribution in [1.82, 2.24) is 4.72 Å². The van der Waals surface area contributed by atoms with Crippen LogP contribution in [-0.4, -0.2) is 20.7 Å². The Kier molecular flexibility index (Phi) is 5.82. The van der Waals surface area contributed by atoms with Crippen LogP contribution in [0, 0.1) is 0 Å². The van der Waals surface area contributed by atoms with Gasteiger partial charge in [-0.25, -0.2) is 13.1 Å². The number of benzene rings is 1. The highest BCUT2D eigenvalue weighted by atomic mass is 32.2. The molecule has 1 unspecified atom stereocenters. The maximum atomic E-state index is 11.3. The van der Waals surface area contributed by atoms with E-state index >= 15 is 0 Å². The van der Waals surface area contributed by atoms with Crippen LogP contribution in [0.3, 0.4) is 0 Å². The molecule has 0 aliphatic rings. The second-order valence-electron chi connectivity index (χ2n) is 4.60. The van der Waals surface area contributed by atoms with E-state index in [0.717, 1.165) is 12.8 Å². The summed E-state index contributed by atoms with van der Waals surface area (Å²) in [5.74, 6) is 0.720. The summed E-state index contributed by atoms with van der Waals surface area (Å²) in [6.07, 6.45) is 1.87. The summed E-state index contributed by atoms with van der Waals surface area (Å²) in [5.41, 5.74) is 2.51. The van der Waals surface area contributed by atoms with Crippen LogP contribution in [0.15, 0.2) is 24.3 Å². The zero-order valence-corrected chi connectivity index (χ0v) is 12.3. The Labute approximate surface area is 111 Å². The van der Waals surface area contributed by atoms with Gasteiger partial charge in [0.05, 0.1) is 5.75 Å². The van der Waals surface area contributed by atoms with Crippen LogP contribution in [0.1, 0.15) is 44.2 Å². The minimum atomic E-state index is -3.07. The van der Waals surface area contributed by atoms with Crippen LogP contribution < -0.4 is 4.72 Å². The lowest BCUT2D eigenvalue weighted by Crippen LogP contribution is -2.27. The summed E-state index contributed by atoms with van der Waals surface area (Å²) in [5, 5.41) is 0. The summed E-state index contributed by atoms with van der Waals surface area (Å²) >= 11 is 0. The molecule has 0 fully saturated rings. The fourth-order valence-electron chi connectivity index (χ4n) is 1.70. The van der Waals surface area contributed by atoms with Crippen molar-refractivity contribution in [3.05, 3.63) is 35.4 Å². The van der Waals surface area contributed by atoms with Gasteiger partial charge < -0.3 is 0 Å². The van der Waals surface area contributed by atoms with Crippen molar-refractivity contribution in [2.24, 2.45) is 0 Å². The van der Waals surface area contributed by atoms with E-state index in [-0.39, 0.29) is 5.75 Å². The standard InChI is InChI=1S/C14H23NO2S/c1-4-12(3)14-8-6-13(7-9-14)10-11-15-18(16,17)5-2/h6-9,12,15H,4-5,10-11H2,1-3H3. The molecule has 0 spiro atoms. The molecule has 0 saturated carbocycles. The highest BCUT2D eigenvalue weighted by Gasteiger charge is 2.06. The quantitative estimate of drug-likeness (QED) is 0.827. The van der Waals surface area contributed by atoms with Gasteiger partial charge in [0.15, 0.2) is 0 Å². The molecule has 1 aromatic rings. The van der Waals surface area contributed by atoms with E-state index < -0.39 is 10.0 Å². The molecule has 1 aromatic carbocycles. The predicted molar refractivity (Wildman–Crippen MR) is 76.3 cm³/mol. The van der Waals surface area contributed by atoms with Gasteiger partial charge in [-0.05, 0) is 36.8 Å². The number of rotatable bonds is 7. The Balaban J connectivity index is 2.50. The first-order chi connectivity index (χ1) is 8.48. The average Bonchev–Trinajstić information content (AvgIpc) is 2.38. The van der Waals surface area contributed by atoms with Crippen molar-refractivity contribution in [2.45, 2.75) is 39.5 Å². The maximum absolute atomic E-state index is 11.3. The number of nitrogens with one attached hydrogen (secondary N) is 1. The van der Waals surface area contributed by atoms with Crippen molar-refractivity contribution < 1.29 is 8.42 Å². The molecule has 4 heteroatoms. The molecular formula is C14H23NO2S. The molecule has 1 rings (SSSR count). The molecule has 0 saturated heterocycles. The molecule has 18 heavy (non-hydrogen) atoms. The molecule has 0 radical (unpaired) electrons. The molecule has 0 aliphatic heterocycles. The second kappa shape index (κ2) is 6.90. The third kappa shape index (κ3) is 4.78. The van der Waals surface area contributed by atoms with Gasteiger partial charge in [-0.3, -0.25) is 0 Å². The summed E-state index contributed by atoms with van der Waals surface area (Å²) in [4.78, 5) is 0. The highest BCUT2D eigenvalue weighted by molar-refractivity contribution is 7.89. The number of hydrogen-bond acceptors (Lipinski definition) is 2. The lowest BCUT2D eigenvalue weighted by molar-refractivity contribution is 0.583. The maximum Gasteiger partial charge on any atom is 0.211 e. The second-order valence-corrected chi connectivity index (χ2v) is 6.69. The molecule has 1 atom stereocenters. The van der Waals surface area contributed by atoms with Crippen LogP contribution in [0.4, 0.5) is 0 Å². The third-order valence-corrected chi connectivity index (χ3v) is 4.68. The molecule has 0 heterocycles. The highest BCUT2D eigenvalue weighted by Crippen LogP contribution is 2.18. The van der Waals surface area contributed by atoms with E-state index in [1.54, 1.807) is 6.92 Å². The lowest BCUT2D eigenvalue weighted by Gasteiger charge is -2.10. The van der Waals surface area contributed by atoms with E-state index in [4.69, 9.17) is 0 Å². The van der Waals surface area contributed by atoms with E-state index in [2.05, 4.69) is 42.8 Å². The van der Waals surface area contributed by atoms with Gasteiger partial charge in [0.25, 0.3) is 0 Å². The van der Waals surface area contributed by atoms with E-state index in [0.29, 0.717) is 12.5 Å². The summed E-state index contributed by atoms with van der Waals surface area (Å²) in [6.45, 7) is 6.50.